The van der Waals surface area contributed by atoms with E-state index in [9.17, 15) is 18.0 Å². The second kappa shape index (κ2) is 12.8. The van der Waals surface area contributed by atoms with Crippen molar-refractivity contribution >= 4 is 27.8 Å². The number of carbonyl (C=O) groups is 2. The highest BCUT2D eigenvalue weighted by Gasteiger charge is 2.31. The molecule has 0 bridgehead atoms. The molecular weight excluding hydrogens is 528 g/mol. The molecule has 40 heavy (non-hydrogen) atoms. The summed E-state index contributed by atoms with van der Waals surface area (Å²) in [5.41, 5.74) is 3.69. The molecule has 2 atom stereocenters. The normalized spacial score (nSPS) is 20.1. The summed E-state index contributed by atoms with van der Waals surface area (Å²) >= 11 is 0. The smallest absolute Gasteiger partial charge is 0.319 e. The van der Waals surface area contributed by atoms with Crippen LogP contribution in [0.15, 0.2) is 42.5 Å². The van der Waals surface area contributed by atoms with Gasteiger partial charge in [-0.2, -0.15) is 22.7 Å². The van der Waals surface area contributed by atoms with Crippen molar-refractivity contribution in [1.82, 2.24) is 19.2 Å². The van der Waals surface area contributed by atoms with E-state index in [1.807, 2.05) is 42.2 Å². The number of piperidine rings is 1. The Hall–Kier alpha value is -3.46. The van der Waals surface area contributed by atoms with Gasteiger partial charge in [0.2, 0.25) is 0 Å². The standard InChI is InChI=1S/C29H38N6O4S/c1-20-8-11-24(28(36)35-16-14-23(15-17-35)22-12-9-21(19-30)10-13-22)18-27(20)32-29(37)31-25-6-4-5-7-26(25)33-40(38,39)34(2)3/h8-13,18,23,25-26,33H,4-7,14-17H2,1-3H3,(H2,31,32,37)/t25-,26+/m1/s1. The number of amides is 3. The molecule has 3 amide bonds. The third kappa shape index (κ3) is 7.18. The van der Waals surface area contributed by atoms with Gasteiger partial charge in [0.05, 0.1) is 11.6 Å². The largest absolute Gasteiger partial charge is 0.339 e. The highest BCUT2D eigenvalue weighted by Crippen LogP contribution is 2.29. The number of rotatable bonds is 7. The lowest BCUT2D eigenvalue weighted by Gasteiger charge is -2.33. The van der Waals surface area contributed by atoms with Crippen molar-refractivity contribution in [1.29, 1.82) is 5.26 Å². The summed E-state index contributed by atoms with van der Waals surface area (Å²) < 4.78 is 28.5. The maximum absolute atomic E-state index is 13.3. The fourth-order valence-electron chi connectivity index (χ4n) is 5.39. The number of benzene rings is 2. The average Bonchev–Trinajstić information content (AvgIpc) is 2.95. The van der Waals surface area contributed by atoms with Gasteiger partial charge in [-0.15, -0.1) is 0 Å². The Kier molecular flexibility index (Phi) is 9.45. The van der Waals surface area contributed by atoms with E-state index in [2.05, 4.69) is 21.4 Å². The van der Waals surface area contributed by atoms with Gasteiger partial charge in [0.25, 0.3) is 16.1 Å². The van der Waals surface area contributed by atoms with Crippen LogP contribution in [-0.2, 0) is 10.2 Å². The number of nitrogens with one attached hydrogen (secondary N) is 3. The molecule has 1 saturated heterocycles. The van der Waals surface area contributed by atoms with E-state index < -0.39 is 22.3 Å². The minimum Gasteiger partial charge on any atom is -0.339 e. The molecule has 0 aromatic heterocycles. The highest BCUT2D eigenvalue weighted by molar-refractivity contribution is 7.87. The fourth-order valence-corrected chi connectivity index (χ4v) is 6.26. The van der Waals surface area contributed by atoms with E-state index in [-0.39, 0.29) is 11.9 Å². The quantitative estimate of drug-likeness (QED) is 0.470. The Morgan fingerprint density at radius 3 is 2.25 bits per heavy atom. The summed E-state index contributed by atoms with van der Waals surface area (Å²) in [5.74, 6) is 0.272. The van der Waals surface area contributed by atoms with Gasteiger partial charge < -0.3 is 15.5 Å². The van der Waals surface area contributed by atoms with Gasteiger partial charge in [-0.05, 0) is 73.9 Å². The number of carbonyl (C=O) groups excluding carboxylic acids is 2. The number of hydrogen-bond donors (Lipinski definition) is 3. The first-order chi connectivity index (χ1) is 19.1. The third-order valence-electron chi connectivity index (χ3n) is 7.89. The maximum Gasteiger partial charge on any atom is 0.319 e. The van der Waals surface area contributed by atoms with Crippen LogP contribution >= 0.6 is 0 Å². The molecule has 1 saturated carbocycles. The van der Waals surface area contributed by atoms with Gasteiger partial charge in [0.15, 0.2) is 0 Å². The van der Waals surface area contributed by atoms with Crippen LogP contribution in [0.2, 0.25) is 0 Å². The minimum atomic E-state index is -3.62. The van der Waals surface area contributed by atoms with Crippen molar-refractivity contribution in [2.75, 3.05) is 32.5 Å². The summed E-state index contributed by atoms with van der Waals surface area (Å²) in [7, 11) is -0.688. The zero-order chi connectivity index (χ0) is 28.9. The van der Waals surface area contributed by atoms with Crippen LogP contribution in [0.1, 0.15) is 71.5 Å². The Labute approximate surface area is 236 Å². The molecule has 1 heterocycles. The lowest BCUT2D eigenvalue weighted by Crippen LogP contribution is -2.55. The van der Waals surface area contributed by atoms with Crippen molar-refractivity contribution in [3.63, 3.8) is 0 Å². The second-order valence-electron chi connectivity index (χ2n) is 10.8. The number of nitrogens with zero attached hydrogens (tertiary/aromatic N) is 3. The lowest BCUT2D eigenvalue weighted by molar-refractivity contribution is 0.0713. The topological polar surface area (TPSA) is 135 Å². The van der Waals surface area contributed by atoms with Crippen LogP contribution in [0, 0.1) is 18.3 Å². The summed E-state index contributed by atoms with van der Waals surface area (Å²) in [4.78, 5) is 28.1. The van der Waals surface area contributed by atoms with Crippen LogP contribution in [0.4, 0.5) is 10.5 Å². The Morgan fingerprint density at radius 2 is 1.62 bits per heavy atom. The molecule has 214 valence electrons. The number of aryl methyl sites for hydroxylation is 1. The first-order valence-electron chi connectivity index (χ1n) is 13.7. The number of anilines is 1. The van der Waals surface area contributed by atoms with Crippen LogP contribution in [0.25, 0.3) is 0 Å². The lowest BCUT2D eigenvalue weighted by atomic mass is 9.89. The maximum atomic E-state index is 13.3. The van der Waals surface area contributed by atoms with Crippen LogP contribution in [0.5, 0.6) is 0 Å². The molecule has 2 aliphatic rings. The molecule has 10 nitrogen and oxygen atoms in total. The molecule has 0 spiro atoms. The first-order valence-corrected chi connectivity index (χ1v) is 15.2. The van der Waals surface area contributed by atoms with Gasteiger partial charge in [-0.3, -0.25) is 4.79 Å². The van der Waals surface area contributed by atoms with E-state index in [0.717, 1.165) is 35.6 Å². The van der Waals surface area contributed by atoms with E-state index in [1.165, 1.54) is 19.7 Å². The molecular formula is C29H38N6O4S. The number of nitriles is 1. The van der Waals surface area contributed by atoms with Crippen molar-refractivity contribution in [3.05, 3.63) is 64.7 Å². The molecule has 2 aromatic rings. The molecule has 3 N–H and O–H groups in total. The van der Waals surface area contributed by atoms with Gasteiger partial charge >= 0.3 is 6.03 Å². The van der Waals surface area contributed by atoms with Gasteiger partial charge in [0.1, 0.15) is 0 Å². The van der Waals surface area contributed by atoms with Crippen LogP contribution in [-0.4, -0.2) is 68.8 Å². The Bertz CT molecular complexity index is 1360. The molecule has 2 fully saturated rings. The van der Waals surface area contributed by atoms with Gasteiger partial charge in [0, 0.05) is 50.5 Å². The molecule has 0 radical (unpaired) electrons. The summed E-state index contributed by atoms with van der Waals surface area (Å²) in [6, 6.07) is 13.9. The van der Waals surface area contributed by atoms with E-state index >= 15 is 0 Å². The van der Waals surface area contributed by atoms with Crippen molar-refractivity contribution in [2.24, 2.45) is 0 Å². The van der Waals surface area contributed by atoms with E-state index in [1.54, 1.807) is 12.1 Å². The van der Waals surface area contributed by atoms with Crippen molar-refractivity contribution in [2.45, 2.75) is 63.5 Å². The molecule has 0 unspecified atom stereocenters. The first kappa shape index (κ1) is 29.5. The van der Waals surface area contributed by atoms with Crippen molar-refractivity contribution in [3.8, 4) is 6.07 Å². The predicted molar refractivity (Wildman–Crippen MR) is 154 cm³/mol. The predicted octanol–water partition coefficient (Wildman–Crippen LogP) is 3.72. The number of urea groups is 1. The van der Waals surface area contributed by atoms with Crippen molar-refractivity contribution < 1.29 is 18.0 Å². The summed E-state index contributed by atoms with van der Waals surface area (Å²) in [6.45, 7) is 3.13. The molecule has 11 heteroatoms. The molecule has 1 aliphatic carbocycles. The summed E-state index contributed by atoms with van der Waals surface area (Å²) in [6.07, 6.45) is 4.78. The summed E-state index contributed by atoms with van der Waals surface area (Å²) in [5, 5.41) is 14.8. The zero-order valence-corrected chi connectivity index (χ0v) is 24.1. The molecule has 1 aliphatic heterocycles. The fraction of sp³-hybridized carbons (Fsp3) is 0.483. The minimum absolute atomic E-state index is 0.0767. The third-order valence-corrected chi connectivity index (χ3v) is 9.45. The second-order valence-corrected chi connectivity index (χ2v) is 12.7. The Morgan fingerprint density at radius 1 is 0.975 bits per heavy atom. The zero-order valence-electron chi connectivity index (χ0n) is 23.3. The van der Waals surface area contributed by atoms with E-state index in [0.29, 0.717) is 48.7 Å². The van der Waals surface area contributed by atoms with Crippen LogP contribution < -0.4 is 15.4 Å². The average molecular weight is 567 g/mol. The SMILES string of the molecule is Cc1ccc(C(=O)N2CCC(c3ccc(C#N)cc3)CC2)cc1NC(=O)N[C@@H]1CCCC[C@@H]1NS(=O)(=O)N(C)C. The monoisotopic (exact) mass is 566 g/mol. The van der Waals surface area contributed by atoms with Gasteiger partial charge in [-0.1, -0.05) is 31.0 Å². The van der Waals surface area contributed by atoms with Gasteiger partial charge in [-0.25, -0.2) is 4.79 Å². The number of hydrogen-bond acceptors (Lipinski definition) is 5. The Balaban J connectivity index is 1.36. The number of likely N-dealkylation sites (tertiary alicyclic amines) is 1. The highest BCUT2D eigenvalue weighted by atomic mass is 32.2. The van der Waals surface area contributed by atoms with Crippen LogP contribution in [0.3, 0.4) is 0 Å². The molecule has 4 rings (SSSR count). The van der Waals surface area contributed by atoms with E-state index in [4.69, 9.17) is 5.26 Å². The molecule has 2 aromatic carbocycles.